The summed E-state index contributed by atoms with van der Waals surface area (Å²) >= 11 is 11.8. The molecule has 1 fully saturated rings. The Balaban J connectivity index is 2.19. The summed E-state index contributed by atoms with van der Waals surface area (Å²) in [5.74, 6) is 0.376. The molecule has 0 saturated carbocycles. The minimum Gasteiger partial charge on any atom is -0.340 e. The highest BCUT2D eigenvalue weighted by Crippen LogP contribution is 2.26. The molecular weight excluding hydrogens is 273 g/mol. The molecule has 0 aliphatic carbocycles. The monoisotopic (exact) mass is 285 g/mol. The van der Waals surface area contributed by atoms with Gasteiger partial charge in [0.25, 0.3) is 5.91 Å². The average molecular weight is 286 g/mol. The van der Waals surface area contributed by atoms with Crippen LogP contribution >= 0.6 is 23.2 Å². The number of nitrogens with one attached hydrogen (secondary N) is 2. The third kappa shape index (κ3) is 2.76. The van der Waals surface area contributed by atoms with E-state index in [9.17, 15) is 4.79 Å². The molecule has 1 aliphatic rings. The predicted molar refractivity (Wildman–Crippen MR) is 73.1 cm³/mol. The highest BCUT2D eigenvalue weighted by molar-refractivity contribution is 6.42. The van der Waals surface area contributed by atoms with Gasteiger partial charge in [0.15, 0.2) is 5.96 Å². The second-order valence-corrected chi connectivity index (χ2v) is 4.78. The lowest BCUT2D eigenvalue weighted by molar-refractivity contribution is -0.120. The molecule has 1 saturated heterocycles. The lowest BCUT2D eigenvalue weighted by atomic mass is 10.1. The molecule has 4 nitrogen and oxygen atoms in total. The van der Waals surface area contributed by atoms with Gasteiger partial charge >= 0.3 is 0 Å². The summed E-state index contributed by atoms with van der Waals surface area (Å²) < 4.78 is 0. The summed E-state index contributed by atoms with van der Waals surface area (Å²) in [5, 5.41) is 6.63. The molecule has 1 heterocycles. The van der Waals surface area contributed by atoms with Crippen LogP contribution in [0.25, 0.3) is 0 Å². The zero-order valence-corrected chi connectivity index (χ0v) is 11.3. The Hall–Kier alpha value is -1.26. The molecule has 1 unspecified atom stereocenters. The lowest BCUT2D eigenvalue weighted by Gasteiger charge is -2.08. The molecule has 6 heteroatoms. The fraction of sp³-hybridized carbons (Fsp3) is 0.333. The van der Waals surface area contributed by atoms with E-state index < -0.39 is 6.04 Å². The Bertz CT molecular complexity index is 502. The van der Waals surface area contributed by atoms with E-state index in [-0.39, 0.29) is 5.91 Å². The summed E-state index contributed by atoms with van der Waals surface area (Å²) in [5.41, 5.74) is 0.767. The first kappa shape index (κ1) is 13.2. The molecule has 1 atom stereocenters. The highest BCUT2D eigenvalue weighted by atomic mass is 35.5. The van der Waals surface area contributed by atoms with Crippen molar-refractivity contribution >= 4 is 35.1 Å². The van der Waals surface area contributed by atoms with Crippen molar-refractivity contribution in [2.45, 2.75) is 19.4 Å². The molecule has 2 N–H and O–H groups in total. The van der Waals surface area contributed by atoms with Gasteiger partial charge in [-0.15, -0.1) is 0 Å². The molecular formula is C12H13Cl2N3O. The number of carbonyl (C=O) groups excluding carboxylic acids is 1. The van der Waals surface area contributed by atoms with Crippen LogP contribution in [0.2, 0.25) is 10.0 Å². The van der Waals surface area contributed by atoms with Crippen LogP contribution in [0, 0.1) is 0 Å². The lowest BCUT2D eigenvalue weighted by Crippen LogP contribution is -2.25. The molecule has 0 aromatic heterocycles. The number of guanidine groups is 1. The Labute approximate surface area is 115 Å². The number of nitrogens with zero attached hydrogens (tertiary/aromatic N) is 1. The van der Waals surface area contributed by atoms with Gasteiger partial charge in [0.1, 0.15) is 6.04 Å². The number of rotatable bonds is 3. The minimum absolute atomic E-state index is 0.136. The normalized spacial score (nSPS) is 20.9. The largest absolute Gasteiger partial charge is 0.340 e. The molecule has 1 aromatic rings. The van der Waals surface area contributed by atoms with Crippen molar-refractivity contribution < 1.29 is 4.79 Å². The van der Waals surface area contributed by atoms with Crippen molar-refractivity contribution in [3.63, 3.8) is 0 Å². The second kappa shape index (κ2) is 5.59. The number of halogens is 2. The first-order chi connectivity index (χ1) is 8.61. The van der Waals surface area contributed by atoms with Crippen molar-refractivity contribution in [2.24, 2.45) is 4.99 Å². The van der Waals surface area contributed by atoms with Crippen molar-refractivity contribution in [3.8, 4) is 0 Å². The van der Waals surface area contributed by atoms with Gasteiger partial charge in [0.2, 0.25) is 0 Å². The van der Waals surface area contributed by atoms with Crippen LogP contribution in [-0.4, -0.2) is 18.4 Å². The second-order valence-electron chi connectivity index (χ2n) is 3.97. The Kier molecular flexibility index (Phi) is 4.09. The molecule has 0 bridgehead atoms. The van der Waals surface area contributed by atoms with E-state index in [0.717, 1.165) is 12.0 Å². The number of hydrogen-bond donors (Lipinski definition) is 2. The van der Waals surface area contributed by atoms with Crippen LogP contribution in [0.15, 0.2) is 23.2 Å². The van der Waals surface area contributed by atoms with Crippen LogP contribution < -0.4 is 10.6 Å². The molecule has 0 radical (unpaired) electrons. The summed E-state index contributed by atoms with van der Waals surface area (Å²) in [6, 6.07) is 4.67. The third-order valence-electron chi connectivity index (χ3n) is 2.56. The average Bonchev–Trinajstić information content (AvgIpc) is 2.71. The predicted octanol–water partition coefficient (Wildman–Crippen LogP) is 2.52. The van der Waals surface area contributed by atoms with E-state index in [1.165, 1.54) is 0 Å². The quantitative estimate of drug-likeness (QED) is 0.897. The fourth-order valence-electron chi connectivity index (χ4n) is 1.66. The van der Waals surface area contributed by atoms with Crippen LogP contribution in [0.4, 0.5) is 0 Å². The molecule has 1 aliphatic heterocycles. The van der Waals surface area contributed by atoms with Gasteiger partial charge in [-0.25, -0.2) is 0 Å². The number of amides is 1. The van der Waals surface area contributed by atoms with Gasteiger partial charge in [0.05, 0.1) is 10.0 Å². The van der Waals surface area contributed by atoms with Crippen LogP contribution in [-0.2, 0) is 4.79 Å². The molecule has 2 rings (SSSR count). The maximum Gasteiger partial charge on any atom is 0.253 e. The van der Waals surface area contributed by atoms with Crippen molar-refractivity contribution in [2.75, 3.05) is 6.54 Å². The van der Waals surface area contributed by atoms with Crippen LogP contribution in [0.3, 0.4) is 0 Å². The summed E-state index contributed by atoms with van der Waals surface area (Å²) in [7, 11) is 0. The van der Waals surface area contributed by atoms with Gasteiger partial charge in [-0.2, -0.15) is 0 Å². The number of hydrogen-bond acceptors (Lipinski definition) is 2. The van der Waals surface area contributed by atoms with E-state index in [0.29, 0.717) is 22.5 Å². The first-order valence-electron chi connectivity index (χ1n) is 5.68. The third-order valence-corrected chi connectivity index (χ3v) is 3.29. The van der Waals surface area contributed by atoms with Gasteiger partial charge < -0.3 is 5.32 Å². The van der Waals surface area contributed by atoms with Gasteiger partial charge in [-0.05, 0) is 24.1 Å². The topological polar surface area (TPSA) is 53.5 Å². The standard InChI is InChI=1S/C12H13Cl2N3O/c1-2-5-15-12-16-10(11(18)17-12)7-3-4-8(13)9(14)6-7/h3-4,6,10H,2,5H2,1H3,(H2,15,16,17,18). The van der Waals surface area contributed by atoms with Crippen molar-refractivity contribution in [1.29, 1.82) is 0 Å². The zero-order valence-electron chi connectivity index (χ0n) is 9.84. The highest BCUT2D eigenvalue weighted by Gasteiger charge is 2.29. The minimum atomic E-state index is -0.463. The Morgan fingerprint density at radius 2 is 2.11 bits per heavy atom. The SMILES string of the molecule is CCCN=C1NC(=O)C(c2ccc(Cl)c(Cl)c2)N1. The maximum absolute atomic E-state index is 11.8. The van der Waals surface area contributed by atoms with Gasteiger partial charge in [0, 0.05) is 6.54 Å². The summed E-state index contributed by atoms with van der Waals surface area (Å²) in [4.78, 5) is 16.0. The molecule has 1 amide bonds. The van der Waals surface area contributed by atoms with E-state index in [4.69, 9.17) is 23.2 Å². The number of carbonyl (C=O) groups is 1. The molecule has 1 aromatic carbocycles. The van der Waals surface area contributed by atoms with E-state index in [1.54, 1.807) is 18.2 Å². The molecule has 18 heavy (non-hydrogen) atoms. The van der Waals surface area contributed by atoms with Gasteiger partial charge in [-0.1, -0.05) is 36.2 Å². The van der Waals surface area contributed by atoms with Crippen molar-refractivity contribution in [3.05, 3.63) is 33.8 Å². The smallest absolute Gasteiger partial charge is 0.253 e. The summed E-state index contributed by atoms with van der Waals surface area (Å²) in [6.45, 7) is 2.70. The zero-order chi connectivity index (χ0) is 13.1. The molecule has 96 valence electrons. The van der Waals surface area contributed by atoms with E-state index >= 15 is 0 Å². The number of benzene rings is 1. The van der Waals surface area contributed by atoms with Crippen molar-refractivity contribution in [1.82, 2.24) is 10.6 Å². The van der Waals surface area contributed by atoms with Gasteiger partial charge in [-0.3, -0.25) is 15.1 Å². The number of aliphatic imine (C=N–C) groups is 1. The van der Waals surface area contributed by atoms with Crippen LogP contribution in [0.5, 0.6) is 0 Å². The van der Waals surface area contributed by atoms with E-state index in [1.807, 2.05) is 6.92 Å². The van der Waals surface area contributed by atoms with E-state index in [2.05, 4.69) is 15.6 Å². The van der Waals surface area contributed by atoms with Crippen LogP contribution in [0.1, 0.15) is 24.9 Å². The Morgan fingerprint density at radius 3 is 2.78 bits per heavy atom. The Morgan fingerprint density at radius 1 is 1.33 bits per heavy atom. The first-order valence-corrected chi connectivity index (χ1v) is 6.44. The summed E-state index contributed by atoms with van der Waals surface area (Å²) in [6.07, 6.45) is 0.929. The molecule has 0 spiro atoms. The fourth-order valence-corrected chi connectivity index (χ4v) is 1.97. The maximum atomic E-state index is 11.8.